The molecular formula is C25H44. The first-order valence-electron chi connectivity index (χ1n) is 11.6. The second kappa shape index (κ2) is 5.51. The third kappa shape index (κ3) is 2.24. The average Bonchev–Trinajstić information content (AvgIpc) is 2.78. The Labute approximate surface area is 157 Å². The molecule has 0 aliphatic heterocycles. The molecule has 144 valence electrons. The van der Waals surface area contributed by atoms with E-state index in [9.17, 15) is 0 Å². The Morgan fingerprint density at radius 3 is 2.04 bits per heavy atom. The number of rotatable bonds is 1. The summed E-state index contributed by atoms with van der Waals surface area (Å²) in [6.45, 7) is 18.4. The van der Waals surface area contributed by atoms with Gasteiger partial charge in [-0.15, -0.1) is 0 Å². The van der Waals surface area contributed by atoms with Gasteiger partial charge in [-0.3, -0.25) is 0 Å². The van der Waals surface area contributed by atoms with E-state index < -0.39 is 0 Å². The third-order valence-corrected chi connectivity index (χ3v) is 11.1. The van der Waals surface area contributed by atoms with Crippen molar-refractivity contribution in [2.75, 3.05) is 0 Å². The first kappa shape index (κ1) is 18.4. The molecule has 0 bridgehead atoms. The van der Waals surface area contributed by atoms with Crippen molar-refractivity contribution >= 4 is 0 Å². The highest BCUT2D eigenvalue weighted by Crippen LogP contribution is 2.74. The van der Waals surface area contributed by atoms with Crippen molar-refractivity contribution in [2.45, 2.75) is 106 Å². The van der Waals surface area contributed by atoms with E-state index in [2.05, 4.69) is 48.5 Å². The Balaban J connectivity index is 1.70. The fourth-order valence-corrected chi connectivity index (χ4v) is 9.72. The second-order valence-corrected chi connectivity index (χ2v) is 12.5. The molecule has 0 spiro atoms. The van der Waals surface area contributed by atoms with E-state index >= 15 is 0 Å². The van der Waals surface area contributed by atoms with Crippen LogP contribution in [0, 0.1) is 51.2 Å². The molecule has 0 aromatic rings. The van der Waals surface area contributed by atoms with Crippen molar-refractivity contribution in [3.05, 3.63) is 0 Å². The quantitative estimate of drug-likeness (QED) is 0.457. The van der Waals surface area contributed by atoms with E-state index in [0.717, 1.165) is 29.6 Å². The van der Waals surface area contributed by atoms with Crippen LogP contribution in [-0.4, -0.2) is 0 Å². The summed E-state index contributed by atoms with van der Waals surface area (Å²) in [7, 11) is 0. The smallest absolute Gasteiger partial charge is 0.0238 e. The summed E-state index contributed by atoms with van der Waals surface area (Å²) in [5.41, 5.74) is 2.43. The molecule has 0 amide bonds. The van der Waals surface area contributed by atoms with Crippen LogP contribution in [0.15, 0.2) is 0 Å². The van der Waals surface area contributed by atoms with Gasteiger partial charge in [0.05, 0.1) is 0 Å². The molecule has 1 unspecified atom stereocenters. The third-order valence-electron chi connectivity index (χ3n) is 11.1. The van der Waals surface area contributed by atoms with Gasteiger partial charge in [-0.05, 0) is 103 Å². The predicted octanol–water partition coefficient (Wildman–Crippen LogP) is 7.72. The topological polar surface area (TPSA) is 0 Å². The zero-order chi connectivity index (χ0) is 18.3. The van der Waals surface area contributed by atoms with Gasteiger partial charge >= 0.3 is 0 Å². The molecule has 0 aromatic carbocycles. The molecule has 4 aliphatic rings. The molecule has 0 radical (unpaired) electrons. The van der Waals surface area contributed by atoms with Crippen molar-refractivity contribution in [2.24, 2.45) is 51.2 Å². The highest BCUT2D eigenvalue weighted by molar-refractivity contribution is 5.15. The monoisotopic (exact) mass is 344 g/mol. The summed E-state index contributed by atoms with van der Waals surface area (Å²) in [5.74, 6) is 4.82. The fourth-order valence-electron chi connectivity index (χ4n) is 9.72. The van der Waals surface area contributed by atoms with Gasteiger partial charge in [-0.1, -0.05) is 54.9 Å². The summed E-state index contributed by atoms with van der Waals surface area (Å²) in [4.78, 5) is 0. The molecule has 7 atom stereocenters. The molecule has 4 fully saturated rings. The van der Waals surface area contributed by atoms with E-state index in [1.165, 1.54) is 57.8 Å². The van der Waals surface area contributed by atoms with Crippen molar-refractivity contribution in [1.82, 2.24) is 0 Å². The van der Waals surface area contributed by atoms with E-state index in [4.69, 9.17) is 0 Å². The minimum Gasteiger partial charge on any atom is -0.0625 e. The SMILES string of the molecule is CC(C)[C@H]1CC[C@@]2(C)[C@@H]3CCC4C(C)(C)CCC[C@]4(C)[C@H]3CC[C@]12C. The number of hydrogen-bond acceptors (Lipinski definition) is 0. The Morgan fingerprint density at radius 2 is 1.36 bits per heavy atom. The zero-order valence-electron chi connectivity index (χ0n) is 18.3. The highest BCUT2D eigenvalue weighted by atomic mass is 14.7. The summed E-state index contributed by atoms with van der Waals surface area (Å²) < 4.78 is 0. The van der Waals surface area contributed by atoms with E-state index in [1.807, 2.05) is 0 Å². The maximum atomic E-state index is 2.74. The van der Waals surface area contributed by atoms with Crippen LogP contribution < -0.4 is 0 Å². The lowest BCUT2D eigenvalue weighted by Crippen LogP contribution is -2.59. The maximum absolute atomic E-state index is 2.74. The van der Waals surface area contributed by atoms with Crippen LogP contribution >= 0.6 is 0 Å². The fraction of sp³-hybridized carbons (Fsp3) is 1.00. The molecule has 0 nitrogen and oxygen atoms in total. The van der Waals surface area contributed by atoms with Crippen LogP contribution in [0.1, 0.15) is 106 Å². The van der Waals surface area contributed by atoms with Gasteiger partial charge in [0.15, 0.2) is 0 Å². The zero-order valence-corrected chi connectivity index (χ0v) is 18.3. The molecule has 0 aromatic heterocycles. The summed E-state index contributed by atoms with van der Waals surface area (Å²) >= 11 is 0. The van der Waals surface area contributed by atoms with Gasteiger partial charge in [0.25, 0.3) is 0 Å². The molecule has 25 heavy (non-hydrogen) atoms. The molecule has 4 aliphatic carbocycles. The minimum atomic E-state index is 0.579. The van der Waals surface area contributed by atoms with Crippen LogP contribution in [0.25, 0.3) is 0 Å². The predicted molar refractivity (Wildman–Crippen MR) is 108 cm³/mol. The Bertz CT molecular complexity index is 530. The first-order valence-corrected chi connectivity index (χ1v) is 11.6. The molecule has 0 heteroatoms. The second-order valence-electron chi connectivity index (χ2n) is 12.5. The van der Waals surface area contributed by atoms with E-state index in [-0.39, 0.29) is 0 Å². The van der Waals surface area contributed by atoms with E-state index in [1.54, 1.807) is 0 Å². The van der Waals surface area contributed by atoms with Crippen molar-refractivity contribution in [3.63, 3.8) is 0 Å². The van der Waals surface area contributed by atoms with Crippen molar-refractivity contribution in [3.8, 4) is 0 Å². The van der Waals surface area contributed by atoms with Crippen molar-refractivity contribution < 1.29 is 0 Å². The lowest BCUT2D eigenvalue weighted by atomic mass is 9.38. The van der Waals surface area contributed by atoms with Gasteiger partial charge < -0.3 is 0 Å². The van der Waals surface area contributed by atoms with Gasteiger partial charge in [0.1, 0.15) is 0 Å². The Morgan fingerprint density at radius 1 is 0.680 bits per heavy atom. The average molecular weight is 345 g/mol. The highest BCUT2D eigenvalue weighted by Gasteiger charge is 2.66. The summed E-state index contributed by atoms with van der Waals surface area (Å²) in [6, 6.07) is 0. The van der Waals surface area contributed by atoms with Crippen LogP contribution in [0.3, 0.4) is 0 Å². The van der Waals surface area contributed by atoms with Crippen LogP contribution in [0.4, 0.5) is 0 Å². The lowest BCUT2D eigenvalue weighted by Gasteiger charge is -2.67. The standard InChI is InChI=1S/C25H44/c1-17(2)18-11-15-25(7)20-9-10-21-22(3,4)13-8-14-23(21,5)19(20)12-16-24(18,25)6/h17-21H,8-16H2,1-7H3/t18-,19+,20-,21?,23-,24-,25+/m1/s1. The van der Waals surface area contributed by atoms with Gasteiger partial charge in [0, 0.05) is 0 Å². The number of fused-ring (bicyclic) bond motifs is 5. The summed E-state index contributed by atoms with van der Waals surface area (Å²) in [5, 5.41) is 0. The van der Waals surface area contributed by atoms with Crippen LogP contribution in [0.5, 0.6) is 0 Å². The van der Waals surface area contributed by atoms with Gasteiger partial charge in [-0.2, -0.15) is 0 Å². The molecule has 0 saturated heterocycles. The van der Waals surface area contributed by atoms with Gasteiger partial charge in [-0.25, -0.2) is 0 Å². The summed E-state index contributed by atoms with van der Waals surface area (Å²) in [6.07, 6.45) is 13.6. The molecule has 4 saturated carbocycles. The molecule has 0 heterocycles. The largest absolute Gasteiger partial charge is 0.0625 e. The van der Waals surface area contributed by atoms with E-state index in [0.29, 0.717) is 21.7 Å². The van der Waals surface area contributed by atoms with Crippen LogP contribution in [0.2, 0.25) is 0 Å². The van der Waals surface area contributed by atoms with Crippen molar-refractivity contribution in [1.29, 1.82) is 0 Å². The normalized spacial score (nSPS) is 54.7. The maximum Gasteiger partial charge on any atom is -0.0238 e. The van der Waals surface area contributed by atoms with Crippen LogP contribution in [-0.2, 0) is 0 Å². The number of hydrogen-bond donors (Lipinski definition) is 0. The minimum absolute atomic E-state index is 0.579. The molecular weight excluding hydrogens is 300 g/mol. The molecule has 4 rings (SSSR count). The Kier molecular flexibility index (Phi) is 4.05. The van der Waals surface area contributed by atoms with Gasteiger partial charge in [0.2, 0.25) is 0 Å². The first-order chi connectivity index (χ1) is 11.6. The lowest BCUT2D eigenvalue weighted by molar-refractivity contribution is -0.178. The molecule has 0 N–H and O–H groups in total. The Hall–Kier alpha value is 0.